The number of hydrogen-bond donors (Lipinski definition) is 4. The highest BCUT2D eigenvalue weighted by Crippen LogP contribution is 2.36. The Balaban J connectivity index is 1.79. The second-order valence-electron chi connectivity index (χ2n) is 7.62. The molecule has 0 spiro atoms. The van der Waals surface area contributed by atoms with Gasteiger partial charge in [-0.05, 0) is 37.3 Å². The van der Waals surface area contributed by atoms with Gasteiger partial charge in [0.25, 0.3) is 0 Å². The summed E-state index contributed by atoms with van der Waals surface area (Å²) in [5.74, 6) is -1.59. The fourth-order valence-corrected chi connectivity index (χ4v) is 3.65. The van der Waals surface area contributed by atoms with Crippen molar-refractivity contribution in [3.05, 3.63) is 54.4 Å². The summed E-state index contributed by atoms with van der Waals surface area (Å²) in [6, 6.07) is 6.07. The molecule has 0 aliphatic heterocycles. The largest absolute Gasteiger partial charge is 0.490 e. The molecule has 2 rings (SSSR count). The molecule has 6 nitrogen and oxygen atoms in total. The maximum Gasteiger partial charge on any atom is 0.303 e. The number of carbonyl (C=O) groups is 1. The van der Waals surface area contributed by atoms with Crippen molar-refractivity contribution in [2.75, 3.05) is 6.61 Å². The highest BCUT2D eigenvalue weighted by Gasteiger charge is 2.39. The first-order chi connectivity index (χ1) is 14.4. The van der Waals surface area contributed by atoms with Gasteiger partial charge >= 0.3 is 5.97 Å². The summed E-state index contributed by atoms with van der Waals surface area (Å²) >= 11 is 0. The van der Waals surface area contributed by atoms with Crippen LogP contribution in [0.1, 0.15) is 38.5 Å². The predicted molar refractivity (Wildman–Crippen MR) is 111 cm³/mol. The molecule has 5 atom stereocenters. The second kappa shape index (κ2) is 12.5. The summed E-state index contributed by atoms with van der Waals surface area (Å²) in [5.41, 5.74) is 0. The molecule has 30 heavy (non-hydrogen) atoms. The van der Waals surface area contributed by atoms with Crippen molar-refractivity contribution >= 4 is 5.97 Å². The molecule has 1 aromatic rings. The summed E-state index contributed by atoms with van der Waals surface area (Å²) in [5, 5.41) is 39.3. The summed E-state index contributed by atoms with van der Waals surface area (Å²) in [4.78, 5) is 10.5. The van der Waals surface area contributed by atoms with Gasteiger partial charge in [-0.1, -0.05) is 36.4 Å². The fourth-order valence-electron chi connectivity index (χ4n) is 3.65. The van der Waals surface area contributed by atoms with Crippen LogP contribution in [0.15, 0.2) is 48.6 Å². The molecule has 0 amide bonds. The average molecular weight is 422 g/mol. The van der Waals surface area contributed by atoms with E-state index in [1.165, 1.54) is 12.1 Å². The van der Waals surface area contributed by atoms with E-state index in [1.54, 1.807) is 24.3 Å². The minimum atomic E-state index is -0.819. The molecule has 0 saturated heterocycles. The number of unbranched alkanes of at least 4 members (excludes halogenated alkanes) is 1. The van der Waals surface area contributed by atoms with Crippen molar-refractivity contribution < 1.29 is 34.3 Å². The van der Waals surface area contributed by atoms with Gasteiger partial charge in [-0.3, -0.25) is 4.79 Å². The van der Waals surface area contributed by atoms with E-state index < -0.39 is 30.1 Å². The first kappa shape index (κ1) is 24.1. The number of allylic oxidation sites excluding steroid dienone is 2. The lowest BCUT2D eigenvalue weighted by Gasteiger charge is -2.19. The quantitative estimate of drug-likeness (QED) is 0.305. The smallest absolute Gasteiger partial charge is 0.303 e. The first-order valence-corrected chi connectivity index (χ1v) is 10.3. The lowest BCUT2D eigenvalue weighted by Crippen LogP contribution is -2.20. The summed E-state index contributed by atoms with van der Waals surface area (Å²) in [6.07, 6.45) is 7.43. The van der Waals surface area contributed by atoms with E-state index in [-0.39, 0.29) is 43.5 Å². The number of carboxylic acid groups (broad SMARTS) is 1. The molecule has 1 aliphatic carbocycles. The Morgan fingerprint density at radius 1 is 1.23 bits per heavy atom. The number of carboxylic acids is 1. The first-order valence-electron chi connectivity index (χ1n) is 10.3. The zero-order chi connectivity index (χ0) is 21.9. The minimum Gasteiger partial charge on any atom is -0.490 e. The highest BCUT2D eigenvalue weighted by atomic mass is 19.1. The third kappa shape index (κ3) is 7.89. The predicted octanol–water partition coefficient (Wildman–Crippen LogP) is 3.07. The molecule has 1 aromatic carbocycles. The second-order valence-corrected chi connectivity index (χ2v) is 7.62. The third-order valence-electron chi connectivity index (χ3n) is 5.32. The zero-order valence-corrected chi connectivity index (χ0v) is 16.9. The molecule has 1 saturated carbocycles. The highest BCUT2D eigenvalue weighted by molar-refractivity contribution is 5.66. The van der Waals surface area contributed by atoms with Crippen LogP contribution in [0.2, 0.25) is 0 Å². The van der Waals surface area contributed by atoms with Crippen LogP contribution in [0.3, 0.4) is 0 Å². The maximum atomic E-state index is 13.5. The van der Waals surface area contributed by atoms with Crippen LogP contribution in [0.4, 0.5) is 4.39 Å². The average Bonchev–Trinajstić information content (AvgIpc) is 2.96. The molecule has 0 bridgehead atoms. The number of aliphatic hydroxyl groups is 3. The number of aliphatic carboxylic acids is 1. The Kier molecular flexibility index (Phi) is 10.00. The van der Waals surface area contributed by atoms with Crippen molar-refractivity contribution in [3.63, 3.8) is 0 Å². The molecule has 166 valence electrons. The number of aliphatic hydroxyl groups excluding tert-OH is 3. The van der Waals surface area contributed by atoms with Crippen LogP contribution >= 0.6 is 0 Å². The zero-order valence-electron chi connectivity index (χ0n) is 16.9. The monoisotopic (exact) mass is 422 g/mol. The maximum absolute atomic E-state index is 13.5. The molecule has 1 aliphatic rings. The minimum absolute atomic E-state index is 0.124. The van der Waals surface area contributed by atoms with Crippen LogP contribution < -0.4 is 4.74 Å². The van der Waals surface area contributed by atoms with E-state index in [2.05, 4.69) is 0 Å². The van der Waals surface area contributed by atoms with Crippen molar-refractivity contribution in [3.8, 4) is 5.75 Å². The van der Waals surface area contributed by atoms with E-state index >= 15 is 0 Å². The van der Waals surface area contributed by atoms with Crippen molar-refractivity contribution in [2.45, 2.75) is 56.8 Å². The van der Waals surface area contributed by atoms with Gasteiger partial charge in [-0.2, -0.15) is 0 Å². The number of ether oxygens (including phenoxy) is 1. The Morgan fingerprint density at radius 2 is 2.00 bits per heavy atom. The van der Waals surface area contributed by atoms with Gasteiger partial charge in [-0.25, -0.2) is 4.39 Å². The molecule has 1 fully saturated rings. The van der Waals surface area contributed by atoms with Gasteiger partial charge in [0.05, 0.1) is 24.9 Å². The van der Waals surface area contributed by atoms with E-state index in [4.69, 9.17) is 9.84 Å². The third-order valence-corrected chi connectivity index (χ3v) is 5.32. The van der Waals surface area contributed by atoms with Crippen LogP contribution in [-0.2, 0) is 4.79 Å². The lowest BCUT2D eigenvalue weighted by atomic mass is 9.89. The van der Waals surface area contributed by atoms with Gasteiger partial charge in [-0.15, -0.1) is 0 Å². The Bertz CT molecular complexity index is 719. The Labute approximate surface area is 176 Å². The van der Waals surface area contributed by atoms with E-state index in [0.717, 1.165) is 0 Å². The van der Waals surface area contributed by atoms with Gasteiger partial charge in [0.2, 0.25) is 0 Å². The number of halogens is 1. The van der Waals surface area contributed by atoms with Crippen LogP contribution in [0, 0.1) is 17.7 Å². The standard InChI is InChI=1S/C23H31FO6/c24-19-8-5-6-9-22(19)30-14-13-16(25)11-12-18-17(20(26)15-21(18)27)7-3-1-2-4-10-23(28)29/h1,3,5-6,8-9,11-12,16-18,20-21,25-27H,2,4,7,10,13-15H2,(H,28,29)/b3-1-,12-11+/t16-,17-,18-,20+,21-/m1/s1. The molecular weight excluding hydrogens is 391 g/mol. The topological polar surface area (TPSA) is 107 Å². The van der Waals surface area contributed by atoms with Crippen molar-refractivity contribution in [2.24, 2.45) is 11.8 Å². The Hall–Kier alpha value is -2.22. The molecule has 4 N–H and O–H groups in total. The lowest BCUT2D eigenvalue weighted by molar-refractivity contribution is -0.137. The van der Waals surface area contributed by atoms with Gasteiger partial charge in [0, 0.05) is 25.2 Å². The van der Waals surface area contributed by atoms with Gasteiger partial charge < -0.3 is 25.2 Å². The van der Waals surface area contributed by atoms with E-state index in [9.17, 15) is 24.5 Å². The molecule has 0 unspecified atom stereocenters. The molecular formula is C23H31FO6. The molecule has 0 radical (unpaired) electrons. The Morgan fingerprint density at radius 3 is 2.73 bits per heavy atom. The summed E-state index contributed by atoms with van der Waals surface area (Å²) in [6.45, 7) is 0.144. The van der Waals surface area contributed by atoms with Gasteiger partial charge in [0.1, 0.15) is 0 Å². The fraction of sp³-hybridized carbons (Fsp3) is 0.522. The normalized spacial score (nSPS) is 25.2. The summed E-state index contributed by atoms with van der Waals surface area (Å²) < 4.78 is 18.8. The molecule has 0 aromatic heterocycles. The molecule has 0 heterocycles. The number of rotatable bonds is 12. The number of benzene rings is 1. The van der Waals surface area contributed by atoms with Crippen molar-refractivity contribution in [1.82, 2.24) is 0 Å². The van der Waals surface area contributed by atoms with Crippen LogP contribution in [0.25, 0.3) is 0 Å². The number of para-hydroxylation sites is 1. The van der Waals surface area contributed by atoms with Crippen LogP contribution in [-0.4, -0.2) is 51.3 Å². The van der Waals surface area contributed by atoms with Crippen molar-refractivity contribution in [1.29, 1.82) is 0 Å². The van der Waals surface area contributed by atoms with Crippen LogP contribution in [0.5, 0.6) is 5.75 Å². The summed E-state index contributed by atoms with van der Waals surface area (Å²) in [7, 11) is 0. The SMILES string of the molecule is O=C(O)CCC/C=C\C[C@@H]1[C@@H](/C=C/[C@@H](O)CCOc2ccccc2F)[C@H](O)C[C@@H]1O. The van der Waals surface area contributed by atoms with Gasteiger partial charge in [0.15, 0.2) is 11.6 Å². The number of hydrogen-bond acceptors (Lipinski definition) is 5. The van der Waals surface area contributed by atoms with E-state index in [0.29, 0.717) is 19.3 Å². The molecule has 7 heteroatoms. The van der Waals surface area contributed by atoms with E-state index in [1.807, 2.05) is 12.2 Å².